The van der Waals surface area contributed by atoms with Gasteiger partial charge in [-0.25, -0.2) is 8.42 Å². The van der Waals surface area contributed by atoms with Gasteiger partial charge in [-0.3, -0.25) is 4.90 Å². The smallest absolute Gasteiger partial charge is 0.297 e. The summed E-state index contributed by atoms with van der Waals surface area (Å²) in [5.74, 6) is -0.764. The van der Waals surface area contributed by atoms with Crippen LogP contribution in [0.3, 0.4) is 0 Å². The Hall–Kier alpha value is -1.08. The molecule has 0 bridgehead atoms. The van der Waals surface area contributed by atoms with E-state index in [1.54, 1.807) is 4.90 Å². The Kier molecular flexibility index (Phi) is 2.92. The van der Waals surface area contributed by atoms with E-state index in [1.807, 2.05) is 30.3 Å². The van der Waals surface area contributed by atoms with Crippen LogP contribution in [0.25, 0.3) is 0 Å². The van der Waals surface area contributed by atoms with E-state index in [-0.39, 0.29) is 13.1 Å². The molecule has 0 aromatic heterocycles. The molecule has 2 heterocycles. The number of likely N-dealkylation sites (tertiary alicyclic amines) is 1. The Morgan fingerprint density at radius 3 is 2.40 bits per heavy atom. The zero-order valence-electron chi connectivity index (χ0n) is 10.6. The molecule has 7 heteroatoms. The van der Waals surface area contributed by atoms with E-state index in [4.69, 9.17) is 0 Å². The van der Waals surface area contributed by atoms with Crippen molar-refractivity contribution in [1.82, 2.24) is 4.90 Å². The van der Waals surface area contributed by atoms with Crippen LogP contribution in [0.1, 0.15) is 5.56 Å². The molecule has 0 spiro atoms. The summed E-state index contributed by atoms with van der Waals surface area (Å²) in [6, 6.07) is 9.12. The quantitative estimate of drug-likeness (QED) is 0.837. The maximum absolute atomic E-state index is 13.2. The molecule has 0 radical (unpaired) electrons. The summed E-state index contributed by atoms with van der Waals surface area (Å²) in [5, 5.41) is -1.29. The highest BCUT2D eigenvalue weighted by atomic mass is 32.2. The fourth-order valence-electron chi connectivity index (χ4n) is 3.25. The first-order valence-electron chi connectivity index (χ1n) is 6.29. The molecule has 0 saturated carbocycles. The van der Waals surface area contributed by atoms with E-state index in [0.29, 0.717) is 6.54 Å². The molecule has 2 atom stereocenters. The van der Waals surface area contributed by atoms with Gasteiger partial charge in [0.05, 0.1) is 11.0 Å². The zero-order chi connectivity index (χ0) is 14.6. The van der Waals surface area contributed by atoms with Gasteiger partial charge in [-0.2, -0.15) is 13.2 Å². The van der Waals surface area contributed by atoms with E-state index < -0.39 is 32.4 Å². The summed E-state index contributed by atoms with van der Waals surface area (Å²) in [5.41, 5.74) is -1.16. The molecule has 110 valence electrons. The van der Waals surface area contributed by atoms with E-state index in [0.717, 1.165) is 5.56 Å². The summed E-state index contributed by atoms with van der Waals surface area (Å²) in [4.78, 5) is 1.60. The molecular formula is C13H14F3NO2S. The number of hydrogen-bond acceptors (Lipinski definition) is 3. The van der Waals surface area contributed by atoms with Crippen molar-refractivity contribution in [3.63, 3.8) is 0 Å². The van der Waals surface area contributed by atoms with Crippen molar-refractivity contribution in [3.8, 4) is 0 Å². The zero-order valence-corrected chi connectivity index (χ0v) is 11.4. The second-order valence-electron chi connectivity index (χ2n) is 5.60. The number of alkyl halides is 3. The molecule has 3 rings (SSSR count). The van der Waals surface area contributed by atoms with Gasteiger partial charge in [-0.15, -0.1) is 0 Å². The van der Waals surface area contributed by atoms with Crippen molar-refractivity contribution >= 4 is 9.84 Å². The van der Waals surface area contributed by atoms with Gasteiger partial charge in [0.2, 0.25) is 0 Å². The summed E-state index contributed by atoms with van der Waals surface area (Å²) in [7, 11) is -3.59. The lowest BCUT2D eigenvalue weighted by atomic mass is 9.87. The van der Waals surface area contributed by atoms with Crippen LogP contribution in [-0.4, -0.2) is 43.6 Å². The Morgan fingerprint density at radius 2 is 1.90 bits per heavy atom. The second-order valence-corrected chi connectivity index (χ2v) is 7.79. The fraction of sp³-hybridized carbons (Fsp3) is 0.538. The standard InChI is InChI=1S/C13H14F3NO2S/c14-13(15,16)12-8-17(6-10-4-2-1-3-5-10)7-11(12)20(18,19)9-12/h1-5,11H,6-9H2. The highest BCUT2D eigenvalue weighted by Gasteiger charge is 2.74. The van der Waals surface area contributed by atoms with Crippen LogP contribution in [0, 0.1) is 5.41 Å². The van der Waals surface area contributed by atoms with Crippen molar-refractivity contribution in [3.05, 3.63) is 35.9 Å². The molecule has 2 saturated heterocycles. The third-order valence-electron chi connectivity index (χ3n) is 4.25. The van der Waals surface area contributed by atoms with Gasteiger partial charge in [0.15, 0.2) is 9.84 Å². The van der Waals surface area contributed by atoms with Gasteiger partial charge < -0.3 is 0 Å². The average Bonchev–Trinajstić information content (AvgIpc) is 2.66. The van der Waals surface area contributed by atoms with Gasteiger partial charge in [0.1, 0.15) is 5.41 Å². The van der Waals surface area contributed by atoms with Crippen molar-refractivity contribution in [2.24, 2.45) is 5.41 Å². The van der Waals surface area contributed by atoms with Crippen LogP contribution >= 0.6 is 0 Å². The predicted molar refractivity (Wildman–Crippen MR) is 67.8 cm³/mol. The largest absolute Gasteiger partial charge is 0.398 e. The minimum Gasteiger partial charge on any atom is -0.297 e. The van der Waals surface area contributed by atoms with E-state index in [1.165, 1.54) is 0 Å². The van der Waals surface area contributed by atoms with Gasteiger partial charge in [-0.05, 0) is 5.56 Å². The fourth-order valence-corrected chi connectivity index (χ4v) is 5.74. The van der Waals surface area contributed by atoms with E-state index in [2.05, 4.69) is 0 Å². The highest BCUT2D eigenvalue weighted by Crippen LogP contribution is 2.56. The molecule has 3 nitrogen and oxygen atoms in total. The number of nitrogens with zero attached hydrogens (tertiary/aromatic N) is 1. The Balaban J connectivity index is 1.83. The van der Waals surface area contributed by atoms with E-state index in [9.17, 15) is 21.6 Å². The molecule has 1 aromatic rings. The highest BCUT2D eigenvalue weighted by molar-refractivity contribution is 7.93. The summed E-state index contributed by atoms with van der Waals surface area (Å²) < 4.78 is 62.9. The molecule has 2 aliphatic rings. The molecule has 2 unspecified atom stereocenters. The molecular weight excluding hydrogens is 291 g/mol. The number of halogens is 3. The van der Waals surface area contributed by atoms with Crippen LogP contribution in [0.2, 0.25) is 0 Å². The predicted octanol–water partition coefficient (Wildman–Crippen LogP) is 1.85. The summed E-state index contributed by atoms with van der Waals surface area (Å²) >= 11 is 0. The molecule has 0 N–H and O–H groups in total. The lowest BCUT2D eigenvalue weighted by molar-refractivity contribution is -0.215. The Labute approximate surface area is 115 Å². The van der Waals surface area contributed by atoms with E-state index >= 15 is 0 Å². The van der Waals surface area contributed by atoms with Crippen molar-refractivity contribution < 1.29 is 21.6 Å². The third kappa shape index (κ3) is 1.95. The maximum atomic E-state index is 13.2. The lowest BCUT2D eigenvalue weighted by Gasteiger charge is -2.44. The summed E-state index contributed by atoms with van der Waals surface area (Å²) in [6.45, 7) is 0.0940. The van der Waals surface area contributed by atoms with Gasteiger partial charge in [0.25, 0.3) is 0 Å². The van der Waals surface area contributed by atoms with Crippen LogP contribution < -0.4 is 0 Å². The van der Waals surface area contributed by atoms with Crippen molar-refractivity contribution in [2.45, 2.75) is 18.0 Å². The normalized spacial score (nSPS) is 32.6. The van der Waals surface area contributed by atoms with Gasteiger partial charge >= 0.3 is 6.18 Å². The average molecular weight is 305 g/mol. The van der Waals surface area contributed by atoms with Crippen molar-refractivity contribution in [2.75, 3.05) is 18.8 Å². The van der Waals surface area contributed by atoms with Gasteiger partial charge in [-0.1, -0.05) is 30.3 Å². The number of sulfone groups is 1. The number of benzene rings is 1. The molecule has 0 aliphatic carbocycles. The Bertz CT molecular complexity index is 614. The van der Waals surface area contributed by atoms with Crippen LogP contribution in [0.4, 0.5) is 13.2 Å². The first-order chi connectivity index (χ1) is 9.25. The molecule has 2 fully saturated rings. The molecule has 2 aliphatic heterocycles. The SMILES string of the molecule is O=S1(=O)CC2(C(F)(F)F)CN(Cc3ccccc3)CC21. The first-order valence-corrected chi connectivity index (χ1v) is 8.01. The monoisotopic (exact) mass is 305 g/mol. The van der Waals surface area contributed by atoms with Crippen molar-refractivity contribution in [1.29, 1.82) is 0 Å². The van der Waals surface area contributed by atoms with Crippen LogP contribution in [0.15, 0.2) is 30.3 Å². The number of fused-ring (bicyclic) bond motifs is 1. The van der Waals surface area contributed by atoms with Crippen LogP contribution in [0.5, 0.6) is 0 Å². The molecule has 0 amide bonds. The number of rotatable bonds is 2. The second kappa shape index (κ2) is 4.21. The minimum atomic E-state index is -4.46. The number of hydrogen-bond donors (Lipinski definition) is 0. The third-order valence-corrected chi connectivity index (χ3v) is 6.64. The molecule has 20 heavy (non-hydrogen) atoms. The van der Waals surface area contributed by atoms with Crippen LogP contribution in [-0.2, 0) is 16.4 Å². The Morgan fingerprint density at radius 1 is 1.25 bits per heavy atom. The molecule has 1 aromatic carbocycles. The topological polar surface area (TPSA) is 37.4 Å². The van der Waals surface area contributed by atoms with Gasteiger partial charge in [0, 0.05) is 19.6 Å². The maximum Gasteiger partial charge on any atom is 0.398 e. The summed E-state index contributed by atoms with van der Waals surface area (Å²) in [6.07, 6.45) is -4.46. The minimum absolute atomic E-state index is 0.0310. The first kappa shape index (κ1) is 13.9. The lowest BCUT2D eigenvalue weighted by Crippen LogP contribution is -2.64.